The van der Waals surface area contributed by atoms with E-state index in [-0.39, 0.29) is 18.5 Å². The predicted octanol–water partition coefficient (Wildman–Crippen LogP) is 18.4. The molecule has 0 aliphatic heterocycles. The summed E-state index contributed by atoms with van der Waals surface area (Å²) < 4.78 is 5.47. The molecule has 0 saturated heterocycles. The van der Waals surface area contributed by atoms with Gasteiger partial charge in [-0.05, 0) is 57.8 Å². The number of amides is 1. The second kappa shape index (κ2) is 56.7. The van der Waals surface area contributed by atoms with Crippen LogP contribution in [0, 0.1) is 0 Å². The lowest BCUT2D eigenvalue weighted by atomic mass is 10.0. The van der Waals surface area contributed by atoms with Crippen molar-refractivity contribution < 1.29 is 24.5 Å². The molecule has 0 aromatic carbocycles. The highest BCUT2D eigenvalue weighted by Crippen LogP contribution is 2.17. The number of carbonyl (C=O) groups excluding carboxylic acids is 2. The van der Waals surface area contributed by atoms with Crippen molar-refractivity contribution in [1.82, 2.24) is 5.32 Å². The van der Waals surface area contributed by atoms with Crippen LogP contribution in [-0.2, 0) is 14.3 Å². The molecule has 3 N–H and O–H groups in total. The van der Waals surface area contributed by atoms with Gasteiger partial charge in [-0.1, -0.05) is 281 Å². The minimum absolute atomic E-state index is 0.00339. The Hall–Kier alpha value is -1.92. The molecule has 0 heterocycles. The van der Waals surface area contributed by atoms with Gasteiger partial charge in [-0.15, -0.1) is 0 Å². The molecule has 2 unspecified atom stereocenters. The summed E-state index contributed by atoms with van der Waals surface area (Å²) >= 11 is 0. The van der Waals surface area contributed by atoms with Gasteiger partial charge in [-0.2, -0.15) is 0 Å². The summed E-state index contributed by atoms with van der Waals surface area (Å²) in [4.78, 5) is 24.5. The molecule has 6 nitrogen and oxygen atoms in total. The SMILES string of the molecule is CCCC/C=C\C/C=C\CCCCCCCC(=O)OCCCCCCCCCCCCCCCCCCCCCCCC(=O)NC(CO)C(O)/C=C/CCCCCCCCCCCCCCC. The van der Waals surface area contributed by atoms with Crippen molar-refractivity contribution in [1.29, 1.82) is 0 Å². The molecule has 0 aromatic heterocycles. The standard InChI is InChI=1S/C61H115NO5/c1-3-5-7-9-11-13-15-17-26-29-33-37-41-45-49-53-59(64)58(57-63)62-60(65)54-50-46-42-38-34-30-27-24-22-20-19-21-23-25-28-32-36-40-44-48-52-56-67-61(66)55-51-47-43-39-35-31-18-16-14-12-10-8-6-4-2/h10,12,16,18,49,53,58-59,63-64H,3-9,11,13-15,17,19-48,50-52,54-57H2,1-2H3,(H,62,65)/b12-10-,18-16-,53-49+. The molecule has 0 aliphatic rings. The van der Waals surface area contributed by atoms with E-state index in [1.807, 2.05) is 6.08 Å². The van der Waals surface area contributed by atoms with Crippen LogP contribution in [0.4, 0.5) is 0 Å². The van der Waals surface area contributed by atoms with Crippen LogP contribution in [0.5, 0.6) is 0 Å². The van der Waals surface area contributed by atoms with Crippen molar-refractivity contribution in [3.63, 3.8) is 0 Å². The summed E-state index contributed by atoms with van der Waals surface area (Å²) in [5.74, 6) is -0.0717. The summed E-state index contributed by atoms with van der Waals surface area (Å²) in [6, 6.07) is -0.629. The molecule has 67 heavy (non-hydrogen) atoms. The van der Waals surface area contributed by atoms with Crippen LogP contribution in [0.25, 0.3) is 0 Å². The van der Waals surface area contributed by atoms with Crippen LogP contribution >= 0.6 is 0 Å². The first-order valence-electron chi connectivity index (χ1n) is 29.8. The van der Waals surface area contributed by atoms with E-state index < -0.39 is 12.1 Å². The summed E-state index contributed by atoms with van der Waals surface area (Å²) in [5, 5.41) is 23.1. The molecule has 0 radical (unpaired) electrons. The lowest BCUT2D eigenvalue weighted by molar-refractivity contribution is -0.143. The van der Waals surface area contributed by atoms with Crippen molar-refractivity contribution >= 4 is 11.9 Å². The maximum atomic E-state index is 12.5. The maximum Gasteiger partial charge on any atom is 0.305 e. The number of ether oxygens (including phenoxy) is 1. The Bertz CT molecular complexity index is 1090. The number of unbranched alkanes of at least 4 members (excludes halogenated alkanes) is 40. The van der Waals surface area contributed by atoms with Gasteiger partial charge in [0.15, 0.2) is 0 Å². The molecular formula is C61H115NO5. The number of nitrogens with one attached hydrogen (secondary N) is 1. The summed E-state index contributed by atoms with van der Waals surface area (Å²) in [5.41, 5.74) is 0. The zero-order valence-corrected chi connectivity index (χ0v) is 44.9. The quantitative estimate of drug-likeness (QED) is 0.0321. The normalized spacial score (nSPS) is 12.8. The largest absolute Gasteiger partial charge is 0.466 e. The van der Waals surface area contributed by atoms with Gasteiger partial charge in [-0.25, -0.2) is 0 Å². The van der Waals surface area contributed by atoms with Gasteiger partial charge in [0.25, 0.3) is 0 Å². The van der Waals surface area contributed by atoms with Crippen molar-refractivity contribution in [2.75, 3.05) is 13.2 Å². The first kappa shape index (κ1) is 65.1. The Morgan fingerprint density at radius 3 is 1.18 bits per heavy atom. The van der Waals surface area contributed by atoms with Crippen molar-refractivity contribution in [3.05, 3.63) is 36.5 Å². The van der Waals surface area contributed by atoms with Gasteiger partial charge in [0.05, 0.1) is 25.4 Å². The molecule has 6 heteroatoms. The third-order valence-corrected chi connectivity index (χ3v) is 13.7. The zero-order valence-electron chi connectivity index (χ0n) is 44.9. The molecule has 0 fully saturated rings. The third-order valence-electron chi connectivity index (χ3n) is 13.7. The number of hydrogen-bond acceptors (Lipinski definition) is 5. The predicted molar refractivity (Wildman–Crippen MR) is 292 cm³/mol. The van der Waals surface area contributed by atoms with E-state index in [0.29, 0.717) is 19.4 Å². The minimum atomic E-state index is -0.845. The van der Waals surface area contributed by atoms with Gasteiger partial charge in [0.2, 0.25) is 5.91 Å². The number of esters is 1. The van der Waals surface area contributed by atoms with Crippen LogP contribution in [0.1, 0.15) is 316 Å². The lowest BCUT2D eigenvalue weighted by Gasteiger charge is -2.20. The molecule has 394 valence electrons. The fourth-order valence-corrected chi connectivity index (χ4v) is 9.06. The number of hydrogen-bond donors (Lipinski definition) is 3. The Morgan fingerprint density at radius 2 is 0.761 bits per heavy atom. The monoisotopic (exact) mass is 942 g/mol. The number of aliphatic hydroxyl groups is 2. The van der Waals surface area contributed by atoms with E-state index >= 15 is 0 Å². The van der Waals surface area contributed by atoms with E-state index in [9.17, 15) is 19.8 Å². The molecule has 0 aliphatic carbocycles. The van der Waals surface area contributed by atoms with Gasteiger partial charge < -0.3 is 20.3 Å². The summed E-state index contributed by atoms with van der Waals surface area (Å²) in [7, 11) is 0. The molecule has 0 saturated carbocycles. The van der Waals surface area contributed by atoms with Gasteiger partial charge in [0, 0.05) is 12.8 Å². The lowest BCUT2D eigenvalue weighted by Crippen LogP contribution is -2.45. The molecule has 0 aromatic rings. The maximum absolute atomic E-state index is 12.5. The Balaban J connectivity index is 3.42. The van der Waals surface area contributed by atoms with Crippen LogP contribution in [0.3, 0.4) is 0 Å². The van der Waals surface area contributed by atoms with Gasteiger partial charge in [0.1, 0.15) is 0 Å². The first-order valence-corrected chi connectivity index (χ1v) is 29.8. The Morgan fingerprint density at radius 1 is 0.418 bits per heavy atom. The fraction of sp³-hybridized carbons (Fsp3) is 0.869. The number of allylic oxidation sites excluding steroid dienone is 5. The third kappa shape index (κ3) is 53.3. The van der Waals surface area contributed by atoms with Crippen molar-refractivity contribution in [2.24, 2.45) is 0 Å². The van der Waals surface area contributed by atoms with E-state index in [2.05, 4.69) is 43.5 Å². The number of carbonyl (C=O) groups is 2. The van der Waals surface area contributed by atoms with Gasteiger partial charge >= 0.3 is 5.97 Å². The highest BCUT2D eigenvalue weighted by atomic mass is 16.5. The fourth-order valence-electron chi connectivity index (χ4n) is 9.06. The molecule has 0 bridgehead atoms. The van der Waals surface area contributed by atoms with E-state index in [4.69, 9.17) is 4.74 Å². The average Bonchev–Trinajstić information content (AvgIpc) is 3.33. The average molecular weight is 943 g/mol. The highest BCUT2D eigenvalue weighted by molar-refractivity contribution is 5.76. The Kier molecular flexibility index (Phi) is 55.0. The molecule has 0 rings (SSSR count). The van der Waals surface area contributed by atoms with E-state index in [1.165, 1.54) is 238 Å². The summed E-state index contributed by atoms with van der Waals surface area (Å²) in [6.45, 7) is 4.86. The first-order chi connectivity index (χ1) is 33.0. The second-order valence-electron chi connectivity index (χ2n) is 20.3. The van der Waals surface area contributed by atoms with Crippen molar-refractivity contribution in [2.45, 2.75) is 328 Å². The molecule has 2 atom stereocenters. The van der Waals surface area contributed by atoms with E-state index in [0.717, 1.165) is 51.4 Å². The molecular weight excluding hydrogens is 827 g/mol. The van der Waals surface area contributed by atoms with Crippen LogP contribution in [-0.4, -0.2) is 47.4 Å². The number of aliphatic hydroxyl groups excluding tert-OH is 2. The van der Waals surface area contributed by atoms with Crippen LogP contribution in [0.2, 0.25) is 0 Å². The smallest absolute Gasteiger partial charge is 0.305 e. The Labute approximate surface area is 417 Å². The molecule has 1 amide bonds. The van der Waals surface area contributed by atoms with Crippen molar-refractivity contribution in [3.8, 4) is 0 Å². The highest BCUT2D eigenvalue weighted by Gasteiger charge is 2.18. The van der Waals surface area contributed by atoms with Crippen LogP contribution in [0.15, 0.2) is 36.5 Å². The second-order valence-corrected chi connectivity index (χ2v) is 20.3. The molecule has 0 spiro atoms. The topological polar surface area (TPSA) is 95.9 Å². The van der Waals surface area contributed by atoms with Crippen LogP contribution < -0.4 is 5.32 Å². The van der Waals surface area contributed by atoms with Gasteiger partial charge in [-0.3, -0.25) is 9.59 Å². The zero-order chi connectivity index (χ0) is 48.6. The minimum Gasteiger partial charge on any atom is -0.466 e. The number of rotatable bonds is 55. The summed E-state index contributed by atoms with van der Waals surface area (Å²) in [6.07, 6.45) is 70.3. The van der Waals surface area contributed by atoms with E-state index in [1.54, 1.807) is 6.08 Å².